The van der Waals surface area contributed by atoms with E-state index in [0.29, 0.717) is 0 Å². The van der Waals surface area contributed by atoms with Crippen molar-refractivity contribution in [3.05, 3.63) is 29.8 Å². The van der Waals surface area contributed by atoms with Gasteiger partial charge in [0.15, 0.2) is 0 Å². The predicted molar refractivity (Wildman–Crippen MR) is 74.0 cm³/mol. The molecule has 0 aliphatic rings. The van der Waals surface area contributed by atoms with Crippen LogP contribution in [-0.2, 0) is 16.0 Å². The van der Waals surface area contributed by atoms with E-state index in [9.17, 15) is 9.59 Å². The summed E-state index contributed by atoms with van der Waals surface area (Å²) in [4.78, 5) is 22.2. The van der Waals surface area contributed by atoms with Crippen LogP contribution in [0.4, 0.5) is 5.69 Å². The number of nitrogens with one attached hydrogen (secondary N) is 1. The molecule has 1 amide bonds. The van der Waals surface area contributed by atoms with Gasteiger partial charge >= 0.3 is 5.97 Å². The highest BCUT2D eigenvalue weighted by molar-refractivity contribution is 8.01. The van der Waals surface area contributed by atoms with E-state index in [1.54, 1.807) is 6.92 Å². The zero-order valence-electron chi connectivity index (χ0n) is 10.5. The van der Waals surface area contributed by atoms with E-state index >= 15 is 0 Å². The van der Waals surface area contributed by atoms with Crippen LogP contribution >= 0.6 is 11.8 Å². The van der Waals surface area contributed by atoms with Crippen molar-refractivity contribution >= 4 is 29.3 Å². The number of carboxylic acid groups (broad SMARTS) is 1. The first kappa shape index (κ1) is 14.6. The fraction of sp³-hybridized carbons (Fsp3) is 0.385. The number of amides is 1. The van der Waals surface area contributed by atoms with Crippen LogP contribution in [0.1, 0.15) is 19.4 Å². The number of hydrogen-bond acceptors (Lipinski definition) is 3. The van der Waals surface area contributed by atoms with Crippen LogP contribution < -0.4 is 5.32 Å². The molecule has 0 aliphatic carbocycles. The summed E-state index contributed by atoms with van der Waals surface area (Å²) in [5.41, 5.74) is 1.90. The first-order valence-corrected chi connectivity index (χ1v) is 6.81. The van der Waals surface area contributed by atoms with E-state index in [1.165, 1.54) is 0 Å². The minimum absolute atomic E-state index is 0.143. The van der Waals surface area contributed by atoms with E-state index in [1.807, 2.05) is 31.2 Å². The van der Waals surface area contributed by atoms with Crippen molar-refractivity contribution in [1.29, 1.82) is 0 Å². The Hall–Kier alpha value is -1.49. The van der Waals surface area contributed by atoms with Gasteiger partial charge in [-0.05, 0) is 31.0 Å². The van der Waals surface area contributed by atoms with Gasteiger partial charge in [-0.15, -0.1) is 11.8 Å². The van der Waals surface area contributed by atoms with Crippen LogP contribution in [0, 0.1) is 0 Å². The van der Waals surface area contributed by atoms with Crippen molar-refractivity contribution in [2.75, 3.05) is 11.1 Å². The lowest BCUT2D eigenvalue weighted by Crippen LogP contribution is -2.19. The Morgan fingerprint density at radius 2 is 2.17 bits per heavy atom. The fourth-order valence-corrected chi connectivity index (χ4v) is 1.95. The molecular weight excluding hydrogens is 250 g/mol. The molecule has 0 aromatic heterocycles. The van der Waals surface area contributed by atoms with E-state index in [4.69, 9.17) is 5.11 Å². The summed E-state index contributed by atoms with van der Waals surface area (Å²) in [7, 11) is 0. The third kappa shape index (κ3) is 4.79. The van der Waals surface area contributed by atoms with Gasteiger partial charge in [-0.2, -0.15) is 0 Å². The number of rotatable bonds is 6. The topological polar surface area (TPSA) is 66.4 Å². The van der Waals surface area contributed by atoms with Gasteiger partial charge < -0.3 is 10.4 Å². The summed E-state index contributed by atoms with van der Waals surface area (Å²) in [6, 6.07) is 7.63. The van der Waals surface area contributed by atoms with Gasteiger partial charge in [0, 0.05) is 5.69 Å². The van der Waals surface area contributed by atoms with Gasteiger partial charge in [0.1, 0.15) is 0 Å². The number of aryl methyl sites for hydroxylation is 1. The van der Waals surface area contributed by atoms with Gasteiger partial charge in [-0.25, -0.2) is 0 Å². The Morgan fingerprint density at radius 1 is 1.44 bits per heavy atom. The maximum atomic E-state index is 11.6. The number of carboxylic acids is 1. The van der Waals surface area contributed by atoms with Crippen molar-refractivity contribution in [3.8, 4) is 0 Å². The maximum absolute atomic E-state index is 11.6. The summed E-state index contributed by atoms with van der Waals surface area (Å²) in [5, 5.41) is 10.9. The molecule has 18 heavy (non-hydrogen) atoms. The van der Waals surface area contributed by atoms with Crippen molar-refractivity contribution in [2.45, 2.75) is 25.5 Å². The highest BCUT2D eigenvalue weighted by atomic mass is 32.2. The average molecular weight is 267 g/mol. The summed E-state index contributed by atoms with van der Waals surface area (Å²) in [6.07, 6.45) is 0.911. The van der Waals surface area contributed by atoms with E-state index in [0.717, 1.165) is 29.4 Å². The summed E-state index contributed by atoms with van der Waals surface area (Å²) < 4.78 is 0. The zero-order chi connectivity index (χ0) is 13.5. The largest absolute Gasteiger partial charge is 0.480 e. The highest BCUT2D eigenvalue weighted by Gasteiger charge is 2.13. The quantitative estimate of drug-likeness (QED) is 0.830. The molecule has 4 nitrogen and oxygen atoms in total. The second kappa shape index (κ2) is 7.06. The molecule has 98 valence electrons. The molecule has 0 bridgehead atoms. The molecule has 1 aromatic rings. The molecule has 0 radical (unpaired) electrons. The molecule has 1 atom stereocenters. The number of aliphatic carboxylic acids is 1. The van der Waals surface area contributed by atoms with Crippen LogP contribution in [0.5, 0.6) is 0 Å². The SMILES string of the molecule is CCc1cccc(NC(=O)CSC(C)C(=O)O)c1. The summed E-state index contributed by atoms with van der Waals surface area (Å²) >= 11 is 1.11. The Morgan fingerprint density at radius 3 is 2.78 bits per heavy atom. The molecule has 0 spiro atoms. The third-order valence-corrected chi connectivity index (χ3v) is 3.56. The number of hydrogen-bond donors (Lipinski definition) is 2. The van der Waals surface area contributed by atoms with Crippen LogP contribution in [0.25, 0.3) is 0 Å². The second-order valence-electron chi connectivity index (χ2n) is 3.89. The summed E-state index contributed by atoms with van der Waals surface area (Å²) in [5.74, 6) is -0.939. The second-order valence-corrected chi connectivity index (χ2v) is 5.22. The van der Waals surface area contributed by atoms with Gasteiger partial charge in [-0.1, -0.05) is 19.1 Å². The van der Waals surface area contributed by atoms with E-state index in [-0.39, 0.29) is 11.7 Å². The Bertz CT molecular complexity index is 434. The molecule has 1 rings (SSSR count). The number of carbonyl (C=O) groups is 2. The van der Waals surface area contributed by atoms with Gasteiger partial charge in [0.05, 0.1) is 11.0 Å². The summed E-state index contributed by atoms with van der Waals surface area (Å²) in [6.45, 7) is 3.61. The highest BCUT2D eigenvalue weighted by Crippen LogP contribution is 2.14. The Balaban J connectivity index is 2.46. The van der Waals surface area contributed by atoms with Gasteiger partial charge in [-0.3, -0.25) is 9.59 Å². The smallest absolute Gasteiger partial charge is 0.316 e. The lowest BCUT2D eigenvalue weighted by molar-refractivity contribution is -0.136. The normalized spacial score (nSPS) is 11.9. The molecule has 0 heterocycles. The van der Waals surface area contributed by atoms with Crippen LogP contribution in [0.3, 0.4) is 0 Å². The number of benzene rings is 1. The van der Waals surface area contributed by atoms with Crippen molar-refractivity contribution in [3.63, 3.8) is 0 Å². The maximum Gasteiger partial charge on any atom is 0.316 e. The lowest BCUT2D eigenvalue weighted by Gasteiger charge is -2.08. The lowest BCUT2D eigenvalue weighted by atomic mass is 10.1. The molecule has 1 aromatic carbocycles. The third-order valence-electron chi connectivity index (χ3n) is 2.43. The van der Waals surface area contributed by atoms with E-state index in [2.05, 4.69) is 5.32 Å². The van der Waals surface area contributed by atoms with Crippen LogP contribution in [0.15, 0.2) is 24.3 Å². The zero-order valence-corrected chi connectivity index (χ0v) is 11.3. The molecule has 0 saturated carbocycles. The number of anilines is 1. The van der Waals surface area contributed by atoms with Crippen molar-refractivity contribution in [1.82, 2.24) is 0 Å². The molecule has 2 N–H and O–H groups in total. The minimum atomic E-state index is -0.902. The number of thioether (sulfide) groups is 1. The van der Waals surface area contributed by atoms with Gasteiger partial charge in [0.2, 0.25) is 5.91 Å². The van der Waals surface area contributed by atoms with Crippen molar-refractivity contribution < 1.29 is 14.7 Å². The monoisotopic (exact) mass is 267 g/mol. The van der Waals surface area contributed by atoms with Gasteiger partial charge in [0.25, 0.3) is 0 Å². The molecule has 5 heteroatoms. The standard InChI is InChI=1S/C13H17NO3S/c1-3-10-5-4-6-11(7-10)14-12(15)8-18-9(2)13(16)17/h4-7,9H,3,8H2,1-2H3,(H,14,15)(H,16,17). The first-order valence-electron chi connectivity index (χ1n) is 5.76. The molecule has 0 saturated heterocycles. The van der Waals surface area contributed by atoms with Crippen molar-refractivity contribution in [2.24, 2.45) is 0 Å². The first-order chi connectivity index (χ1) is 8.52. The number of carbonyl (C=O) groups excluding carboxylic acids is 1. The fourth-order valence-electron chi connectivity index (χ4n) is 1.34. The predicted octanol–water partition coefficient (Wildman–Crippen LogP) is 2.39. The molecule has 0 aliphatic heterocycles. The molecular formula is C13H17NO3S. The van der Waals surface area contributed by atoms with E-state index < -0.39 is 11.2 Å². The van der Waals surface area contributed by atoms with Crippen LogP contribution in [0.2, 0.25) is 0 Å². The van der Waals surface area contributed by atoms with Crippen LogP contribution in [-0.4, -0.2) is 28.0 Å². The minimum Gasteiger partial charge on any atom is -0.480 e. The average Bonchev–Trinajstić information content (AvgIpc) is 2.36. The molecule has 1 unspecified atom stereocenters. The Kier molecular flexibility index (Phi) is 5.71. The molecule has 0 fully saturated rings. The Labute approximate surface area is 111 Å².